The number of aliphatic carboxylic acids is 1. The second-order valence-corrected chi connectivity index (χ2v) is 4.39. The molecule has 0 aliphatic carbocycles. The lowest BCUT2D eigenvalue weighted by molar-refractivity contribution is -0.141. The molecule has 0 aromatic carbocycles. The van der Waals surface area contributed by atoms with E-state index in [9.17, 15) is 14.4 Å². The quantitative estimate of drug-likeness (QED) is 0.638. The van der Waals surface area contributed by atoms with Crippen LogP contribution in [0.2, 0.25) is 0 Å². The van der Waals surface area contributed by atoms with Crippen LogP contribution in [0.4, 0.5) is 0 Å². The first-order chi connectivity index (χ1) is 9.35. The van der Waals surface area contributed by atoms with Gasteiger partial charge in [-0.25, -0.2) is 9.59 Å². The van der Waals surface area contributed by atoms with Crippen LogP contribution in [-0.4, -0.2) is 33.0 Å². The second-order valence-electron chi connectivity index (χ2n) is 4.39. The molecule has 1 aromatic heterocycles. The van der Waals surface area contributed by atoms with Crippen LogP contribution in [0.25, 0.3) is 0 Å². The molecule has 0 bridgehead atoms. The van der Waals surface area contributed by atoms with Crippen molar-refractivity contribution < 1.29 is 14.7 Å². The normalized spacial score (nSPS) is 11.7. The Hall–Kier alpha value is -2.44. The predicted molar refractivity (Wildman–Crippen MR) is 72.4 cm³/mol. The first-order valence-corrected chi connectivity index (χ1v) is 6.04. The summed E-state index contributed by atoms with van der Waals surface area (Å²) in [4.78, 5) is 40.2. The molecule has 1 aromatic rings. The van der Waals surface area contributed by atoms with Crippen molar-refractivity contribution >= 4 is 11.9 Å². The van der Waals surface area contributed by atoms with Gasteiger partial charge in [0.15, 0.2) is 0 Å². The van der Waals surface area contributed by atoms with Gasteiger partial charge in [0.05, 0.1) is 6.42 Å². The summed E-state index contributed by atoms with van der Waals surface area (Å²) in [6.45, 7) is 6.74. The maximum absolute atomic E-state index is 11.9. The van der Waals surface area contributed by atoms with Gasteiger partial charge in [-0.3, -0.25) is 4.79 Å². The Balaban J connectivity index is 2.83. The number of aromatic nitrogens is 2. The molecular weight excluding hydrogens is 262 g/mol. The van der Waals surface area contributed by atoms with Gasteiger partial charge < -0.3 is 15.4 Å². The second kappa shape index (κ2) is 6.65. The number of aromatic amines is 1. The van der Waals surface area contributed by atoms with Crippen molar-refractivity contribution in [1.29, 1.82) is 0 Å². The van der Waals surface area contributed by atoms with E-state index in [0.29, 0.717) is 17.0 Å². The van der Waals surface area contributed by atoms with E-state index in [1.54, 1.807) is 13.8 Å². The third-order valence-electron chi connectivity index (χ3n) is 2.83. The smallest absolute Gasteiger partial charge is 0.345 e. The highest BCUT2D eigenvalue weighted by Gasteiger charge is 2.19. The minimum absolute atomic E-state index is 0.0393. The van der Waals surface area contributed by atoms with Crippen LogP contribution in [0.3, 0.4) is 0 Å². The van der Waals surface area contributed by atoms with Gasteiger partial charge in [0.25, 0.3) is 0 Å². The Morgan fingerprint density at radius 1 is 1.50 bits per heavy atom. The monoisotopic (exact) mass is 279 g/mol. The minimum atomic E-state index is -1.12. The summed E-state index contributed by atoms with van der Waals surface area (Å²) in [6, 6.07) is -1.00. The average molecular weight is 279 g/mol. The zero-order chi connectivity index (χ0) is 15.3. The van der Waals surface area contributed by atoms with Crippen molar-refractivity contribution in [2.24, 2.45) is 0 Å². The van der Waals surface area contributed by atoms with E-state index in [0.717, 1.165) is 0 Å². The molecule has 0 fully saturated rings. The molecule has 0 saturated heterocycles. The predicted octanol–water partition coefficient (Wildman–Crippen LogP) is 0.0747. The first kappa shape index (κ1) is 15.6. The van der Waals surface area contributed by atoms with Gasteiger partial charge in [0.2, 0.25) is 5.91 Å². The molecular formula is C13H17N3O4. The molecule has 0 saturated carbocycles. The fourth-order valence-corrected chi connectivity index (χ4v) is 1.81. The van der Waals surface area contributed by atoms with E-state index in [2.05, 4.69) is 21.9 Å². The number of nitrogens with zero attached hydrogens (tertiary/aromatic N) is 1. The molecule has 20 heavy (non-hydrogen) atoms. The van der Waals surface area contributed by atoms with Crippen LogP contribution in [0, 0.1) is 13.8 Å². The number of carboxylic acid groups (broad SMARTS) is 1. The molecule has 1 rings (SSSR count). The number of carbonyl (C=O) groups excluding carboxylic acids is 1. The van der Waals surface area contributed by atoms with E-state index in [-0.39, 0.29) is 12.8 Å². The largest absolute Gasteiger partial charge is 0.480 e. The number of rotatable bonds is 6. The lowest BCUT2D eigenvalue weighted by Crippen LogP contribution is -2.41. The fraction of sp³-hybridized carbons (Fsp3) is 0.385. The van der Waals surface area contributed by atoms with Crippen molar-refractivity contribution in [3.05, 3.63) is 40.1 Å². The Kier molecular flexibility index (Phi) is 5.19. The number of H-pyrrole nitrogens is 1. The maximum Gasteiger partial charge on any atom is 0.345 e. The number of hydrogen-bond donors (Lipinski definition) is 3. The van der Waals surface area contributed by atoms with Crippen LogP contribution in [0.15, 0.2) is 17.4 Å². The highest BCUT2D eigenvalue weighted by Crippen LogP contribution is 2.08. The molecule has 1 heterocycles. The SMILES string of the molecule is C=CCC(NC(=O)Cc1c(C)nc(=O)[nH]c1C)C(=O)O. The Bertz CT molecular complexity index is 566. The van der Waals surface area contributed by atoms with E-state index >= 15 is 0 Å². The van der Waals surface area contributed by atoms with Gasteiger partial charge in [-0.05, 0) is 20.3 Å². The molecule has 7 nitrogen and oxygen atoms in total. The zero-order valence-corrected chi connectivity index (χ0v) is 11.4. The van der Waals surface area contributed by atoms with Crippen molar-refractivity contribution in [1.82, 2.24) is 15.3 Å². The first-order valence-electron chi connectivity index (χ1n) is 6.04. The summed E-state index contributed by atoms with van der Waals surface area (Å²) in [7, 11) is 0. The topological polar surface area (TPSA) is 112 Å². The molecule has 1 amide bonds. The average Bonchev–Trinajstić information content (AvgIpc) is 2.33. The summed E-state index contributed by atoms with van der Waals surface area (Å²) in [5.74, 6) is -1.56. The van der Waals surface area contributed by atoms with Gasteiger partial charge in [0, 0.05) is 17.0 Å². The number of carbonyl (C=O) groups is 2. The van der Waals surface area contributed by atoms with Gasteiger partial charge in [0.1, 0.15) is 6.04 Å². The standard InChI is InChI=1S/C13H17N3O4/c1-4-5-10(12(18)19)16-11(17)6-9-7(2)14-13(20)15-8(9)3/h4,10H,1,5-6H2,2-3H3,(H,16,17)(H,18,19)(H,14,15,20). The maximum atomic E-state index is 11.9. The van der Waals surface area contributed by atoms with E-state index in [1.807, 2.05) is 0 Å². The summed E-state index contributed by atoms with van der Waals surface area (Å²) < 4.78 is 0. The summed E-state index contributed by atoms with van der Waals surface area (Å²) in [5, 5.41) is 11.3. The third-order valence-corrected chi connectivity index (χ3v) is 2.83. The molecule has 1 atom stereocenters. The van der Waals surface area contributed by atoms with Gasteiger partial charge in [-0.15, -0.1) is 6.58 Å². The third kappa shape index (κ3) is 4.04. The van der Waals surface area contributed by atoms with E-state index < -0.39 is 23.6 Å². The Labute approximate surface area is 115 Å². The lowest BCUT2D eigenvalue weighted by atomic mass is 10.1. The van der Waals surface area contributed by atoms with Crippen molar-refractivity contribution in [2.75, 3.05) is 0 Å². The van der Waals surface area contributed by atoms with Crippen LogP contribution in [0.5, 0.6) is 0 Å². The Morgan fingerprint density at radius 3 is 2.65 bits per heavy atom. The van der Waals surface area contributed by atoms with E-state index in [4.69, 9.17) is 5.11 Å². The number of carboxylic acids is 1. The highest BCUT2D eigenvalue weighted by atomic mass is 16.4. The molecule has 0 spiro atoms. The summed E-state index contributed by atoms with van der Waals surface area (Å²) in [6.07, 6.45) is 1.53. The fourth-order valence-electron chi connectivity index (χ4n) is 1.81. The summed E-state index contributed by atoms with van der Waals surface area (Å²) in [5.41, 5.74) is 1.12. The number of hydrogen-bond acceptors (Lipinski definition) is 4. The van der Waals surface area contributed by atoms with Gasteiger partial charge in [-0.2, -0.15) is 4.98 Å². The number of aryl methyl sites for hydroxylation is 2. The van der Waals surface area contributed by atoms with Crippen molar-refractivity contribution in [2.45, 2.75) is 32.7 Å². The number of amides is 1. The van der Waals surface area contributed by atoms with E-state index in [1.165, 1.54) is 6.08 Å². The highest BCUT2D eigenvalue weighted by molar-refractivity contribution is 5.85. The lowest BCUT2D eigenvalue weighted by Gasteiger charge is -2.13. The van der Waals surface area contributed by atoms with Crippen LogP contribution in [0.1, 0.15) is 23.4 Å². The summed E-state index contributed by atoms with van der Waals surface area (Å²) >= 11 is 0. The van der Waals surface area contributed by atoms with Gasteiger partial charge >= 0.3 is 11.7 Å². The number of nitrogens with one attached hydrogen (secondary N) is 2. The molecule has 108 valence electrons. The molecule has 0 aliphatic rings. The van der Waals surface area contributed by atoms with Crippen LogP contribution in [-0.2, 0) is 16.0 Å². The molecule has 7 heteroatoms. The zero-order valence-electron chi connectivity index (χ0n) is 11.4. The molecule has 0 aliphatic heterocycles. The van der Waals surface area contributed by atoms with Gasteiger partial charge in [-0.1, -0.05) is 6.08 Å². The van der Waals surface area contributed by atoms with Crippen molar-refractivity contribution in [3.8, 4) is 0 Å². The molecule has 1 unspecified atom stereocenters. The Morgan fingerprint density at radius 2 is 2.15 bits per heavy atom. The molecule has 3 N–H and O–H groups in total. The van der Waals surface area contributed by atoms with Crippen LogP contribution < -0.4 is 11.0 Å². The van der Waals surface area contributed by atoms with Crippen LogP contribution >= 0.6 is 0 Å². The minimum Gasteiger partial charge on any atom is -0.480 e. The van der Waals surface area contributed by atoms with Crippen molar-refractivity contribution in [3.63, 3.8) is 0 Å². The molecule has 0 radical (unpaired) electrons.